The summed E-state index contributed by atoms with van der Waals surface area (Å²) in [7, 11) is -0.743. The van der Waals surface area contributed by atoms with E-state index in [2.05, 4.69) is 5.32 Å². The molecule has 0 radical (unpaired) electrons. The number of carboxylic acids is 1. The molecule has 1 saturated carbocycles. The minimum atomic E-state index is -0.866. The smallest absolute Gasteiger partial charge is 0.307 e. The summed E-state index contributed by atoms with van der Waals surface area (Å²) in [5.74, 6) is -0.394. The maximum absolute atomic E-state index is 12.2. The Balaban J connectivity index is 1.91. The zero-order chi connectivity index (χ0) is 14.0. The Kier molecular flexibility index (Phi) is 4.60. The van der Waals surface area contributed by atoms with E-state index in [1.165, 1.54) is 0 Å². The topological polar surface area (TPSA) is 83.5 Å². The number of rotatable bonds is 3. The summed E-state index contributed by atoms with van der Waals surface area (Å²) in [6.45, 7) is 1.99. The van der Waals surface area contributed by atoms with Crippen molar-refractivity contribution >= 4 is 22.7 Å². The number of hydrogen-bond acceptors (Lipinski definition) is 3. The molecule has 3 atom stereocenters. The summed E-state index contributed by atoms with van der Waals surface area (Å²) >= 11 is 0. The zero-order valence-corrected chi connectivity index (χ0v) is 11.9. The summed E-state index contributed by atoms with van der Waals surface area (Å²) in [4.78, 5) is 23.4. The predicted molar refractivity (Wildman–Crippen MR) is 72.1 cm³/mol. The minimum Gasteiger partial charge on any atom is -0.481 e. The molecule has 108 valence electrons. The molecule has 0 bridgehead atoms. The van der Waals surface area contributed by atoms with Crippen molar-refractivity contribution in [3.05, 3.63) is 0 Å². The molecule has 0 spiro atoms. The number of carbonyl (C=O) groups is 2. The van der Waals surface area contributed by atoms with Crippen LogP contribution in [0.2, 0.25) is 0 Å². The van der Waals surface area contributed by atoms with Crippen molar-refractivity contribution in [2.24, 2.45) is 17.8 Å². The molecule has 0 aromatic rings. The molecule has 6 heteroatoms. The summed E-state index contributed by atoms with van der Waals surface area (Å²) in [6.07, 6.45) is 2.71. The van der Waals surface area contributed by atoms with Crippen LogP contribution in [-0.4, -0.2) is 38.7 Å². The van der Waals surface area contributed by atoms with Crippen LogP contribution in [0.15, 0.2) is 0 Å². The van der Waals surface area contributed by atoms with Crippen LogP contribution in [0.25, 0.3) is 0 Å². The quantitative estimate of drug-likeness (QED) is 0.803. The second-order valence-electron chi connectivity index (χ2n) is 5.76. The maximum atomic E-state index is 12.2. The zero-order valence-electron chi connectivity index (χ0n) is 11.1. The molecule has 2 fully saturated rings. The van der Waals surface area contributed by atoms with Crippen LogP contribution in [0.1, 0.15) is 32.6 Å². The van der Waals surface area contributed by atoms with Gasteiger partial charge in [-0.05, 0) is 31.6 Å². The molecule has 1 amide bonds. The van der Waals surface area contributed by atoms with E-state index in [-0.39, 0.29) is 17.9 Å². The van der Waals surface area contributed by atoms with Crippen LogP contribution in [0.5, 0.6) is 0 Å². The molecule has 2 N–H and O–H groups in total. The third-order valence-electron chi connectivity index (χ3n) is 4.19. The highest BCUT2D eigenvalue weighted by Crippen LogP contribution is 2.36. The van der Waals surface area contributed by atoms with Crippen molar-refractivity contribution in [2.45, 2.75) is 38.6 Å². The number of amides is 1. The normalized spacial score (nSPS) is 38.9. The van der Waals surface area contributed by atoms with E-state index in [0.29, 0.717) is 24.3 Å². The summed E-state index contributed by atoms with van der Waals surface area (Å²) in [5.41, 5.74) is 0. The van der Waals surface area contributed by atoms with Crippen LogP contribution in [-0.2, 0) is 20.4 Å². The van der Waals surface area contributed by atoms with E-state index < -0.39 is 28.6 Å². The van der Waals surface area contributed by atoms with Crippen molar-refractivity contribution < 1.29 is 18.9 Å². The van der Waals surface area contributed by atoms with E-state index in [1.807, 2.05) is 6.92 Å². The van der Waals surface area contributed by atoms with Crippen LogP contribution < -0.4 is 5.32 Å². The van der Waals surface area contributed by atoms with E-state index in [9.17, 15) is 18.9 Å². The monoisotopic (exact) mass is 287 g/mol. The number of carboxylic acid groups (broad SMARTS) is 1. The fourth-order valence-electron chi connectivity index (χ4n) is 3.10. The van der Waals surface area contributed by atoms with Gasteiger partial charge in [-0.2, -0.15) is 0 Å². The first-order valence-corrected chi connectivity index (χ1v) is 8.34. The van der Waals surface area contributed by atoms with Gasteiger partial charge in [-0.25, -0.2) is 0 Å². The third kappa shape index (κ3) is 3.55. The first-order valence-electron chi connectivity index (χ1n) is 6.85. The van der Waals surface area contributed by atoms with Crippen molar-refractivity contribution in [1.29, 1.82) is 0 Å². The molecular formula is C13H21NO4S. The number of hydrogen-bond donors (Lipinski definition) is 2. The summed E-state index contributed by atoms with van der Waals surface area (Å²) in [5, 5.41) is 12.1. The first kappa shape index (κ1) is 14.5. The van der Waals surface area contributed by atoms with Gasteiger partial charge in [0.2, 0.25) is 5.91 Å². The standard InChI is InChI=1S/C13H21NO4S/c1-8-6-10(11(7-8)13(16)17)12(15)14-9-2-4-19(18)5-3-9/h8-11H,2-7H2,1H3,(H,14,15)(H,16,17)/t8?,9?,10-,11+,19?/m0/s1. The second-order valence-corrected chi connectivity index (χ2v) is 7.45. The average Bonchev–Trinajstić information content (AvgIpc) is 2.74. The van der Waals surface area contributed by atoms with E-state index >= 15 is 0 Å². The van der Waals surface area contributed by atoms with Crippen molar-refractivity contribution in [3.63, 3.8) is 0 Å². The van der Waals surface area contributed by atoms with Gasteiger partial charge in [0, 0.05) is 28.3 Å². The van der Waals surface area contributed by atoms with Crippen LogP contribution in [0.3, 0.4) is 0 Å². The van der Waals surface area contributed by atoms with E-state index in [0.717, 1.165) is 12.8 Å². The average molecular weight is 287 g/mol. The predicted octanol–water partition coefficient (Wildman–Crippen LogP) is 0.761. The maximum Gasteiger partial charge on any atom is 0.307 e. The van der Waals surface area contributed by atoms with Gasteiger partial charge in [0.15, 0.2) is 0 Å². The molecule has 1 aliphatic carbocycles. The fraction of sp³-hybridized carbons (Fsp3) is 0.846. The molecule has 1 unspecified atom stereocenters. The van der Waals surface area contributed by atoms with Crippen molar-refractivity contribution in [1.82, 2.24) is 5.32 Å². The van der Waals surface area contributed by atoms with Crippen molar-refractivity contribution in [3.8, 4) is 0 Å². The second kappa shape index (κ2) is 6.03. The number of nitrogens with one attached hydrogen (secondary N) is 1. The Labute approximate surface area is 115 Å². The Bertz CT molecular complexity index is 388. The van der Waals surface area contributed by atoms with Crippen LogP contribution >= 0.6 is 0 Å². The molecule has 19 heavy (non-hydrogen) atoms. The van der Waals surface area contributed by atoms with Gasteiger partial charge in [-0.3, -0.25) is 13.8 Å². The highest BCUT2D eigenvalue weighted by atomic mass is 32.2. The molecule has 1 aliphatic heterocycles. The SMILES string of the molecule is CC1C[C@H](C(=O)NC2CCS(=O)CC2)[C@H](C(=O)O)C1. The lowest BCUT2D eigenvalue weighted by Gasteiger charge is -2.25. The van der Waals surface area contributed by atoms with Crippen LogP contribution in [0, 0.1) is 17.8 Å². The van der Waals surface area contributed by atoms with Gasteiger partial charge < -0.3 is 10.4 Å². The molecule has 2 aliphatic rings. The lowest BCUT2D eigenvalue weighted by Crippen LogP contribution is -2.44. The largest absolute Gasteiger partial charge is 0.481 e. The van der Waals surface area contributed by atoms with Crippen molar-refractivity contribution in [2.75, 3.05) is 11.5 Å². The fourth-order valence-corrected chi connectivity index (χ4v) is 4.40. The third-order valence-corrected chi connectivity index (χ3v) is 5.57. The Morgan fingerprint density at radius 2 is 1.74 bits per heavy atom. The molecule has 5 nitrogen and oxygen atoms in total. The lowest BCUT2D eigenvalue weighted by atomic mass is 9.95. The van der Waals surface area contributed by atoms with E-state index in [4.69, 9.17) is 0 Å². The Morgan fingerprint density at radius 3 is 2.32 bits per heavy atom. The molecule has 0 aromatic carbocycles. The summed E-state index contributed by atoms with van der Waals surface area (Å²) < 4.78 is 11.3. The van der Waals surface area contributed by atoms with Crippen LogP contribution in [0.4, 0.5) is 0 Å². The van der Waals surface area contributed by atoms with Gasteiger partial charge >= 0.3 is 5.97 Å². The Hall–Kier alpha value is -0.910. The number of aliphatic carboxylic acids is 1. The van der Waals surface area contributed by atoms with Gasteiger partial charge in [-0.1, -0.05) is 6.92 Å². The van der Waals surface area contributed by atoms with Gasteiger partial charge in [0.05, 0.1) is 11.8 Å². The molecule has 1 saturated heterocycles. The van der Waals surface area contributed by atoms with Gasteiger partial charge in [0.1, 0.15) is 0 Å². The lowest BCUT2D eigenvalue weighted by molar-refractivity contribution is -0.146. The summed E-state index contributed by atoms with van der Waals surface area (Å²) in [6, 6.07) is 0.0653. The molecule has 1 heterocycles. The van der Waals surface area contributed by atoms with Gasteiger partial charge in [0.25, 0.3) is 0 Å². The molecular weight excluding hydrogens is 266 g/mol. The van der Waals surface area contributed by atoms with E-state index in [1.54, 1.807) is 0 Å². The highest BCUT2D eigenvalue weighted by Gasteiger charge is 2.41. The Morgan fingerprint density at radius 1 is 1.16 bits per heavy atom. The van der Waals surface area contributed by atoms with Gasteiger partial charge in [-0.15, -0.1) is 0 Å². The molecule has 2 rings (SSSR count). The minimum absolute atomic E-state index is 0.0653. The number of carbonyl (C=O) groups excluding carboxylic acids is 1. The molecule has 0 aromatic heterocycles. The highest BCUT2D eigenvalue weighted by molar-refractivity contribution is 7.85. The first-order chi connectivity index (χ1) is 8.97.